The number of carbonyl (C=O) groups is 3. The van der Waals surface area contributed by atoms with Crippen molar-refractivity contribution in [3.63, 3.8) is 0 Å². The Kier molecular flexibility index (Phi) is 6.09. The van der Waals surface area contributed by atoms with Gasteiger partial charge in [-0.05, 0) is 25.0 Å². The minimum atomic E-state index is -0.583. The first kappa shape index (κ1) is 20.3. The molecule has 144 valence electrons. The van der Waals surface area contributed by atoms with Crippen LogP contribution in [0.5, 0.6) is 0 Å². The molecule has 0 aromatic heterocycles. The topological polar surface area (TPSA) is 105 Å². The Balaban J connectivity index is 2.48. The highest BCUT2D eigenvalue weighted by Crippen LogP contribution is 2.33. The average Bonchev–Trinajstić information content (AvgIpc) is 2.88. The number of benzene rings is 1. The molecule has 2 rings (SSSR count). The largest absolute Gasteiger partial charge is 0.874 e. The van der Waals surface area contributed by atoms with Crippen molar-refractivity contribution < 1.29 is 19.5 Å². The molecule has 0 fully saturated rings. The van der Waals surface area contributed by atoms with Gasteiger partial charge in [-0.15, -0.1) is 16.0 Å². The Morgan fingerprint density at radius 2 is 1.81 bits per heavy atom. The van der Waals surface area contributed by atoms with Crippen molar-refractivity contribution in [2.24, 2.45) is 10.2 Å². The minimum Gasteiger partial charge on any atom is -0.874 e. The van der Waals surface area contributed by atoms with E-state index in [1.807, 2.05) is 13.8 Å². The molecule has 1 aromatic rings. The number of fused-ring (bicyclic) bond motifs is 1. The first-order chi connectivity index (χ1) is 12.7. The van der Waals surface area contributed by atoms with Crippen LogP contribution in [0.25, 0.3) is 0 Å². The van der Waals surface area contributed by atoms with Crippen LogP contribution in [0.15, 0.2) is 39.9 Å². The Hall–Kier alpha value is -3.03. The van der Waals surface area contributed by atoms with Crippen LogP contribution >= 0.6 is 0 Å². The Labute approximate surface area is 158 Å². The summed E-state index contributed by atoms with van der Waals surface area (Å²) in [5, 5.41) is 19.4. The van der Waals surface area contributed by atoms with Crippen molar-refractivity contribution in [2.75, 3.05) is 14.1 Å². The number of imide groups is 1. The van der Waals surface area contributed by atoms with E-state index in [4.69, 9.17) is 0 Å². The van der Waals surface area contributed by atoms with E-state index in [9.17, 15) is 19.5 Å². The van der Waals surface area contributed by atoms with Gasteiger partial charge in [0.25, 0.3) is 17.7 Å². The lowest BCUT2D eigenvalue weighted by Gasteiger charge is -2.23. The van der Waals surface area contributed by atoms with Gasteiger partial charge < -0.3 is 10.0 Å². The number of likely N-dealkylation sites (N-methyl/N-ethyl adjacent to an activating group) is 1. The summed E-state index contributed by atoms with van der Waals surface area (Å²) in [7, 11) is 2.99. The van der Waals surface area contributed by atoms with Crippen molar-refractivity contribution in [3.8, 4) is 0 Å². The highest BCUT2D eigenvalue weighted by molar-refractivity contribution is 6.23. The van der Waals surface area contributed by atoms with E-state index in [1.165, 1.54) is 36.9 Å². The summed E-state index contributed by atoms with van der Waals surface area (Å²) in [6, 6.07) is 4.49. The van der Waals surface area contributed by atoms with E-state index < -0.39 is 17.6 Å². The normalized spacial score (nSPS) is 14.8. The predicted molar refractivity (Wildman–Crippen MR) is 97.2 cm³/mol. The first-order valence-corrected chi connectivity index (χ1v) is 8.76. The molecule has 3 amide bonds. The van der Waals surface area contributed by atoms with Crippen LogP contribution in [-0.4, -0.2) is 47.7 Å². The summed E-state index contributed by atoms with van der Waals surface area (Å²) in [4.78, 5) is 40.1. The molecule has 0 radical (unpaired) electrons. The number of hydrogen-bond donors (Lipinski definition) is 0. The number of azo groups is 1. The van der Waals surface area contributed by atoms with Crippen LogP contribution < -0.4 is 5.11 Å². The second kappa shape index (κ2) is 8.11. The lowest BCUT2D eigenvalue weighted by atomic mass is 10.1. The van der Waals surface area contributed by atoms with Crippen LogP contribution in [0.3, 0.4) is 0 Å². The fourth-order valence-electron chi connectivity index (χ4n) is 2.93. The molecule has 1 aliphatic rings. The number of amides is 3. The zero-order chi connectivity index (χ0) is 20.3. The molecule has 0 N–H and O–H groups in total. The van der Waals surface area contributed by atoms with E-state index in [-0.39, 0.29) is 34.5 Å². The number of allylic oxidation sites excluding steroid dienone is 1. The minimum absolute atomic E-state index is 0.151. The van der Waals surface area contributed by atoms with E-state index in [0.717, 1.165) is 0 Å². The molecular formula is C19H23N4O4-. The van der Waals surface area contributed by atoms with Gasteiger partial charge in [-0.1, -0.05) is 26.8 Å². The van der Waals surface area contributed by atoms with Gasteiger partial charge in [-0.2, -0.15) is 0 Å². The van der Waals surface area contributed by atoms with Crippen molar-refractivity contribution in [1.82, 2.24) is 9.80 Å². The third-order valence-corrected chi connectivity index (χ3v) is 4.43. The molecule has 1 aromatic carbocycles. The standard InChI is InChI=1S/C19H24N4O4/c1-6-12(7-2)23-17(25)13-9-8-10-14(15(13)18(23)26)20-21-16(11(3)24)19(27)22(4)5/h8-10,12,24H,6-7H2,1-5H3/p-1/b16-11-,21-20?. The summed E-state index contributed by atoms with van der Waals surface area (Å²) in [6.07, 6.45) is 1.30. The fraction of sp³-hybridized carbons (Fsp3) is 0.421. The van der Waals surface area contributed by atoms with Gasteiger partial charge in [0.1, 0.15) is 5.70 Å². The quantitative estimate of drug-likeness (QED) is 0.331. The van der Waals surface area contributed by atoms with E-state index in [1.54, 1.807) is 12.1 Å². The van der Waals surface area contributed by atoms with Crippen molar-refractivity contribution in [2.45, 2.75) is 39.7 Å². The first-order valence-electron chi connectivity index (χ1n) is 8.76. The monoisotopic (exact) mass is 371 g/mol. The number of carbonyl (C=O) groups excluding carboxylic acids is 3. The molecule has 0 saturated carbocycles. The number of rotatable bonds is 6. The maximum atomic E-state index is 12.9. The second-order valence-electron chi connectivity index (χ2n) is 6.45. The number of nitrogens with zero attached hydrogens (tertiary/aromatic N) is 4. The maximum absolute atomic E-state index is 12.9. The summed E-state index contributed by atoms with van der Waals surface area (Å²) in [6.45, 7) is 5.05. The maximum Gasteiger partial charge on any atom is 0.272 e. The smallest absolute Gasteiger partial charge is 0.272 e. The third-order valence-electron chi connectivity index (χ3n) is 4.43. The summed E-state index contributed by atoms with van der Waals surface area (Å²) < 4.78 is 0. The van der Waals surface area contributed by atoms with Gasteiger partial charge in [-0.3, -0.25) is 19.3 Å². The molecule has 0 bridgehead atoms. The molecule has 27 heavy (non-hydrogen) atoms. The third kappa shape index (κ3) is 3.74. The molecule has 8 nitrogen and oxygen atoms in total. The molecule has 0 atom stereocenters. The van der Waals surface area contributed by atoms with E-state index in [2.05, 4.69) is 10.2 Å². The highest BCUT2D eigenvalue weighted by atomic mass is 16.3. The average molecular weight is 371 g/mol. The predicted octanol–water partition coefficient (Wildman–Crippen LogP) is 2.23. The van der Waals surface area contributed by atoms with Gasteiger partial charge >= 0.3 is 0 Å². The molecule has 0 aliphatic carbocycles. The van der Waals surface area contributed by atoms with Crippen LogP contribution in [0, 0.1) is 0 Å². The van der Waals surface area contributed by atoms with Crippen LogP contribution in [-0.2, 0) is 4.79 Å². The molecule has 0 spiro atoms. The zero-order valence-corrected chi connectivity index (χ0v) is 16.1. The van der Waals surface area contributed by atoms with Crippen molar-refractivity contribution in [3.05, 3.63) is 40.8 Å². The van der Waals surface area contributed by atoms with E-state index >= 15 is 0 Å². The summed E-state index contributed by atoms with van der Waals surface area (Å²) in [5.74, 6) is -1.91. The zero-order valence-electron chi connectivity index (χ0n) is 16.1. The van der Waals surface area contributed by atoms with Gasteiger partial charge in [0.2, 0.25) is 0 Å². The molecule has 1 heterocycles. The van der Waals surface area contributed by atoms with Gasteiger partial charge in [0, 0.05) is 20.1 Å². The van der Waals surface area contributed by atoms with Crippen molar-refractivity contribution >= 4 is 23.4 Å². The number of hydrogen-bond acceptors (Lipinski definition) is 6. The summed E-state index contributed by atoms with van der Waals surface area (Å²) in [5.41, 5.74) is 0.223. The van der Waals surface area contributed by atoms with Gasteiger partial charge in [0.15, 0.2) is 0 Å². The van der Waals surface area contributed by atoms with Crippen LogP contribution in [0.2, 0.25) is 0 Å². The lowest BCUT2D eigenvalue weighted by molar-refractivity contribution is -0.303. The molecule has 0 unspecified atom stereocenters. The van der Waals surface area contributed by atoms with Crippen molar-refractivity contribution in [1.29, 1.82) is 0 Å². The summed E-state index contributed by atoms with van der Waals surface area (Å²) >= 11 is 0. The van der Waals surface area contributed by atoms with Crippen LogP contribution in [0.4, 0.5) is 5.69 Å². The molecule has 8 heteroatoms. The van der Waals surface area contributed by atoms with Crippen LogP contribution in [0.1, 0.15) is 54.3 Å². The van der Waals surface area contributed by atoms with Gasteiger partial charge in [0.05, 0.1) is 16.8 Å². The molecule has 0 saturated heterocycles. The Morgan fingerprint density at radius 3 is 2.33 bits per heavy atom. The molecule has 1 aliphatic heterocycles. The lowest BCUT2D eigenvalue weighted by Crippen LogP contribution is -2.39. The second-order valence-corrected chi connectivity index (χ2v) is 6.45. The fourth-order valence-corrected chi connectivity index (χ4v) is 2.93. The van der Waals surface area contributed by atoms with Gasteiger partial charge in [-0.25, -0.2) is 0 Å². The Bertz CT molecular complexity index is 834. The van der Waals surface area contributed by atoms with E-state index in [0.29, 0.717) is 12.8 Å². The molecular weight excluding hydrogens is 348 g/mol. The SMILES string of the molecule is CCC(CC)N1C(=O)c2cccc(N=N/C(C(=O)N(C)C)=C(/C)[O-])c2C1=O. The Morgan fingerprint density at radius 1 is 1.19 bits per heavy atom. The highest BCUT2D eigenvalue weighted by Gasteiger charge is 2.40.